The maximum atomic E-state index is 13.1. The fourth-order valence-corrected chi connectivity index (χ4v) is 3.00. The van der Waals surface area contributed by atoms with Crippen molar-refractivity contribution in [1.29, 1.82) is 0 Å². The largest absolute Gasteiger partial charge is 0.439 e. The van der Waals surface area contributed by atoms with E-state index in [-0.39, 0.29) is 0 Å². The normalized spacial score (nSPS) is 17.1. The lowest BCUT2D eigenvalue weighted by molar-refractivity contribution is 0.507. The molecule has 0 heterocycles. The zero-order chi connectivity index (χ0) is 7.33. The van der Waals surface area contributed by atoms with Crippen molar-refractivity contribution in [3.63, 3.8) is 0 Å². The predicted molar refractivity (Wildman–Crippen MR) is 43.2 cm³/mol. The second-order valence-corrected chi connectivity index (χ2v) is 6.06. The van der Waals surface area contributed by atoms with Crippen LogP contribution in [0.1, 0.15) is 13.3 Å². The van der Waals surface area contributed by atoms with Gasteiger partial charge in [-0.05, 0) is 11.7 Å². The van der Waals surface area contributed by atoms with E-state index in [0.29, 0.717) is 16.5 Å². The molecule has 0 aromatic rings. The monoisotopic (exact) mass is 164 g/mol. The third-order valence-corrected chi connectivity index (χ3v) is 5.74. The third kappa shape index (κ3) is 2.93. The molecule has 0 aromatic carbocycles. The van der Waals surface area contributed by atoms with Crippen LogP contribution in [-0.4, -0.2) is 19.1 Å². The van der Waals surface area contributed by atoms with Gasteiger partial charge in [-0.15, -0.1) is 6.58 Å². The second kappa shape index (κ2) is 3.97. The van der Waals surface area contributed by atoms with Crippen molar-refractivity contribution in [2.75, 3.05) is 0 Å². The summed E-state index contributed by atoms with van der Waals surface area (Å²) >= 11 is 0. The first-order valence-corrected chi connectivity index (χ1v) is 5.95. The lowest BCUT2D eigenvalue weighted by Gasteiger charge is -2.14. The molecule has 54 valence electrons. The summed E-state index contributed by atoms with van der Waals surface area (Å²) in [5, 5.41) is 0. The molecule has 0 aromatic heterocycles. The van der Waals surface area contributed by atoms with E-state index < -0.39 is 8.65 Å². The van der Waals surface area contributed by atoms with Crippen molar-refractivity contribution in [1.82, 2.24) is 0 Å². The molecule has 0 aliphatic heterocycles. The van der Waals surface area contributed by atoms with E-state index in [9.17, 15) is 4.11 Å². The molecule has 0 saturated heterocycles. The Morgan fingerprint density at radius 3 is 2.56 bits per heavy atom. The van der Waals surface area contributed by atoms with Gasteiger partial charge in [0.1, 0.15) is 10.5 Å². The summed E-state index contributed by atoms with van der Waals surface area (Å²) in [6, 6.07) is 0.556. The second-order valence-electron chi connectivity index (χ2n) is 1.94. The van der Waals surface area contributed by atoms with Gasteiger partial charge in [0, 0.05) is 0 Å². The Morgan fingerprint density at radius 2 is 2.44 bits per heavy atom. The summed E-state index contributed by atoms with van der Waals surface area (Å²) in [5.41, 5.74) is 1.36. The van der Waals surface area contributed by atoms with E-state index in [2.05, 4.69) is 6.58 Å². The molecule has 4 heteroatoms. The highest BCUT2D eigenvalue weighted by molar-refractivity contribution is 6.74. The van der Waals surface area contributed by atoms with Crippen molar-refractivity contribution in [2.24, 2.45) is 0 Å². The van der Waals surface area contributed by atoms with Crippen LogP contribution in [0.5, 0.6) is 0 Å². The standard InChI is InChI=1S/C5H13FOSi2/c1-3-5-9(6,4-2)7-8/h4H,2-3,5H2,1,8H3. The van der Waals surface area contributed by atoms with E-state index in [1.165, 1.54) is 5.70 Å². The SMILES string of the molecule is C=C[Si](F)(CCC)O[SiH3]. The molecule has 1 nitrogen and oxygen atoms in total. The topological polar surface area (TPSA) is 9.23 Å². The molecule has 0 rings (SSSR count). The molecule has 0 radical (unpaired) electrons. The number of halogens is 1. The Bertz CT molecular complexity index is 99.0. The van der Waals surface area contributed by atoms with E-state index in [4.69, 9.17) is 4.12 Å². The molecule has 9 heavy (non-hydrogen) atoms. The van der Waals surface area contributed by atoms with Gasteiger partial charge in [0.05, 0.1) is 0 Å². The average Bonchev–Trinajstić information content (AvgIpc) is 1.89. The van der Waals surface area contributed by atoms with Crippen LogP contribution >= 0.6 is 0 Å². The maximum Gasteiger partial charge on any atom is 0.397 e. The van der Waals surface area contributed by atoms with Gasteiger partial charge in [0.2, 0.25) is 0 Å². The van der Waals surface area contributed by atoms with Crippen molar-refractivity contribution in [2.45, 2.75) is 19.4 Å². The minimum Gasteiger partial charge on any atom is -0.439 e. The number of rotatable bonds is 4. The smallest absolute Gasteiger partial charge is 0.397 e. The van der Waals surface area contributed by atoms with E-state index >= 15 is 0 Å². The van der Waals surface area contributed by atoms with Gasteiger partial charge in [0.15, 0.2) is 0 Å². The minimum absolute atomic E-state index is 0.486. The van der Waals surface area contributed by atoms with Gasteiger partial charge in [-0.25, -0.2) is 0 Å². The molecular formula is C5H13FOSi2. The number of hydrogen-bond donors (Lipinski definition) is 0. The molecule has 0 N–H and O–H groups in total. The van der Waals surface area contributed by atoms with Crippen LogP contribution in [0.2, 0.25) is 6.04 Å². The lowest BCUT2D eigenvalue weighted by Crippen LogP contribution is -2.29. The van der Waals surface area contributed by atoms with Crippen LogP contribution in [-0.2, 0) is 4.12 Å². The zero-order valence-corrected chi connectivity index (χ0v) is 8.98. The zero-order valence-electron chi connectivity index (χ0n) is 5.98. The Balaban J connectivity index is 3.76. The quantitative estimate of drug-likeness (QED) is 0.442. The first-order valence-electron chi connectivity index (χ1n) is 3.06. The van der Waals surface area contributed by atoms with Gasteiger partial charge >= 0.3 is 8.65 Å². The summed E-state index contributed by atoms with van der Waals surface area (Å²) in [4.78, 5) is 0. The molecule has 0 amide bonds. The Morgan fingerprint density at radius 1 is 1.89 bits per heavy atom. The van der Waals surface area contributed by atoms with Crippen LogP contribution in [0.25, 0.3) is 0 Å². The van der Waals surface area contributed by atoms with Crippen LogP contribution in [0, 0.1) is 0 Å². The van der Waals surface area contributed by atoms with E-state index in [0.717, 1.165) is 6.42 Å². The molecule has 0 bridgehead atoms. The fraction of sp³-hybridized carbons (Fsp3) is 0.600. The molecule has 0 saturated carbocycles. The van der Waals surface area contributed by atoms with Crippen LogP contribution < -0.4 is 0 Å². The number of hydrogen-bond acceptors (Lipinski definition) is 1. The average molecular weight is 164 g/mol. The van der Waals surface area contributed by atoms with Crippen molar-refractivity contribution >= 4 is 19.1 Å². The molecular weight excluding hydrogens is 151 g/mol. The minimum atomic E-state index is -2.87. The highest BCUT2D eigenvalue weighted by Crippen LogP contribution is 2.14. The van der Waals surface area contributed by atoms with Gasteiger partial charge in [0.25, 0.3) is 0 Å². The van der Waals surface area contributed by atoms with Crippen molar-refractivity contribution in [3.8, 4) is 0 Å². The van der Waals surface area contributed by atoms with Crippen molar-refractivity contribution in [3.05, 3.63) is 12.3 Å². The summed E-state index contributed by atoms with van der Waals surface area (Å²) < 4.78 is 17.9. The van der Waals surface area contributed by atoms with Gasteiger partial charge in [-0.1, -0.05) is 13.3 Å². The highest BCUT2D eigenvalue weighted by Gasteiger charge is 2.28. The molecule has 0 spiro atoms. The third-order valence-electron chi connectivity index (χ3n) is 1.24. The molecule has 0 aliphatic carbocycles. The Labute approximate surface area is 59.8 Å². The summed E-state index contributed by atoms with van der Waals surface area (Å²) in [7, 11) is -2.39. The Hall–Kier alpha value is 0.0638. The van der Waals surface area contributed by atoms with Crippen LogP contribution in [0.4, 0.5) is 4.11 Å². The predicted octanol–water partition coefficient (Wildman–Crippen LogP) is 0.830. The lowest BCUT2D eigenvalue weighted by atomic mass is 10.6. The van der Waals surface area contributed by atoms with E-state index in [1.807, 2.05) is 6.92 Å². The first kappa shape index (κ1) is 9.06. The molecule has 1 unspecified atom stereocenters. The van der Waals surface area contributed by atoms with Crippen molar-refractivity contribution < 1.29 is 8.22 Å². The van der Waals surface area contributed by atoms with Gasteiger partial charge in [-0.2, -0.15) is 0 Å². The molecule has 1 atom stereocenters. The summed E-state index contributed by atoms with van der Waals surface area (Å²) in [6.07, 6.45) is 0.844. The maximum absolute atomic E-state index is 13.1. The van der Waals surface area contributed by atoms with Gasteiger partial charge in [-0.3, -0.25) is 4.11 Å². The molecule has 0 fully saturated rings. The Kier molecular flexibility index (Phi) is 4.00. The fourth-order valence-electron chi connectivity index (χ4n) is 0.628. The first-order chi connectivity index (χ1) is 4.18. The van der Waals surface area contributed by atoms with Crippen LogP contribution in [0.3, 0.4) is 0 Å². The summed E-state index contributed by atoms with van der Waals surface area (Å²) in [5.74, 6) is 0. The molecule has 0 aliphatic rings. The van der Waals surface area contributed by atoms with E-state index in [1.54, 1.807) is 0 Å². The van der Waals surface area contributed by atoms with Crippen LogP contribution in [0.15, 0.2) is 12.3 Å². The van der Waals surface area contributed by atoms with Gasteiger partial charge < -0.3 is 4.12 Å². The highest BCUT2D eigenvalue weighted by atomic mass is 28.4. The summed E-state index contributed by atoms with van der Waals surface area (Å²) in [6.45, 7) is 5.36.